The Hall–Kier alpha value is -0.530. The monoisotopic (exact) mass is 291 g/mol. The maximum Gasteiger partial charge on any atom is 0.0406 e. The van der Waals surface area contributed by atoms with Crippen LogP contribution >= 0.6 is 11.6 Å². The molecule has 3 atom stereocenters. The van der Waals surface area contributed by atoms with Gasteiger partial charge in [0.1, 0.15) is 0 Å². The first kappa shape index (κ1) is 14.4. The summed E-state index contributed by atoms with van der Waals surface area (Å²) in [5.74, 6) is 1.58. The van der Waals surface area contributed by atoms with Gasteiger partial charge in [-0.25, -0.2) is 0 Å². The number of benzene rings is 1. The molecule has 0 radical (unpaired) electrons. The highest BCUT2D eigenvalue weighted by atomic mass is 35.5. The van der Waals surface area contributed by atoms with Gasteiger partial charge in [-0.1, -0.05) is 49.9 Å². The van der Waals surface area contributed by atoms with Gasteiger partial charge >= 0.3 is 0 Å². The van der Waals surface area contributed by atoms with E-state index in [2.05, 4.69) is 36.5 Å². The largest absolute Gasteiger partial charge is 0.316 e. The van der Waals surface area contributed by atoms with Crippen LogP contribution < -0.4 is 5.32 Å². The van der Waals surface area contributed by atoms with Gasteiger partial charge in [0, 0.05) is 17.5 Å². The highest BCUT2D eigenvalue weighted by Gasteiger charge is 2.41. The Bertz CT molecular complexity index is 441. The highest BCUT2D eigenvalue weighted by Crippen LogP contribution is 2.50. The molecule has 0 amide bonds. The van der Waals surface area contributed by atoms with Crippen LogP contribution in [0.25, 0.3) is 0 Å². The van der Waals surface area contributed by atoms with Crippen molar-refractivity contribution in [3.63, 3.8) is 0 Å². The summed E-state index contributed by atoms with van der Waals surface area (Å²) in [7, 11) is 0. The van der Waals surface area contributed by atoms with E-state index < -0.39 is 0 Å². The Balaban J connectivity index is 1.88. The van der Waals surface area contributed by atoms with Crippen molar-refractivity contribution in [1.82, 2.24) is 5.32 Å². The van der Waals surface area contributed by atoms with Gasteiger partial charge in [0.15, 0.2) is 0 Å². The Kier molecular flexibility index (Phi) is 4.37. The third-order valence-electron chi connectivity index (χ3n) is 5.67. The molecule has 110 valence electrons. The molecule has 1 N–H and O–H groups in total. The third kappa shape index (κ3) is 2.89. The van der Waals surface area contributed by atoms with Crippen LogP contribution in [0.2, 0.25) is 5.02 Å². The molecule has 1 heterocycles. The van der Waals surface area contributed by atoms with Gasteiger partial charge < -0.3 is 5.32 Å². The SMILES string of the molecule is CC1CCCC2(CCNCC2c2ccc(Cl)cc2)CC1. The van der Waals surface area contributed by atoms with E-state index in [4.69, 9.17) is 11.6 Å². The lowest BCUT2D eigenvalue weighted by Gasteiger charge is -2.45. The summed E-state index contributed by atoms with van der Waals surface area (Å²) < 4.78 is 0. The summed E-state index contributed by atoms with van der Waals surface area (Å²) in [6.07, 6.45) is 8.39. The van der Waals surface area contributed by atoms with Crippen molar-refractivity contribution in [3.8, 4) is 0 Å². The molecule has 3 rings (SSSR count). The van der Waals surface area contributed by atoms with E-state index >= 15 is 0 Å². The minimum absolute atomic E-state index is 0.532. The topological polar surface area (TPSA) is 12.0 Å². The lowest BCUT2D eigenvalue weighted by molar-refractivity contribution is 0.135. The van der Waals surface area contributed by atoms with Gasteiger partial charge in [-0.2, -0.15) is 0 Å². The molecule has 1 saturated heterocycles. The first-order valence-corrected chi connectivity index (χ1v) is 8.54. The average molecular weight is 292 g/mol. The number of piperidine rings is 1. The fourth-order valence-electron chi connectivity index (χ4n) is 4.35. The molecule has 1 aromatic rings. The van der Waals surface area contributed by atoms with Gasteiger partial charge in [-0.15, -0.1) is 0 Å². The minimum atomic E-state index is 0.532. The van der Waals surface area contributed by atoms with Crippen molar-refractivity contribution in [3.05, 3.63) is 34.9 Å². The van der Waals surface area contributed by atoms with Crippen molar-refractivity contribution in [2.45, 2.75) is 51.4 Å². The summed E-state index contributed by atoms with van der Waals surface area (Å²) in [5.41, 5.74) is 2.01. The molecule has 3 unspecified atom stereocenters. The molecule has 0 aromatic heterocycles. The molecule has 2 aliphatic rings. The zero-order chi connectivity index (χ0) is 14.0. The summed E-state index contributed by atoms with van der Waals surface area (Å²) in [6.45, 7) is 4.76. The van der Waals surface area contributed by atoms with E-state index in [1.807, 2.05) is 0 Å². The summed E-state index contributed by atoms with van der Waals surface area (Å²) in [4.78, 5) is 0. The normalized spacial score (nSPS) is 34.9. The van der Waals surface area contributed by atoms with Gasteiger partial charge in [0.25, 0.3) is 0 Å². The van der Waals surface area contributed by atoms with Crippen molar-refractivity contribution < 1.29 is 0 Å². The molecular formula is C18H26ClN. The van der Waals surface area contributed by atoms with Crippen LogP contribution in [0.4, 0.5) is 0 Å². The smallest absolute Gasteiger partial charge is 0.0406 e. The van der Waals surface area contributed by atoms with Gasteiger partial charge in [-0.3, -0.25) is 0 Å². The Morgan fingerprint density at radius 2 is 1.90 bits per heavy atom. The van der Waals surface area contributed by atoms with Gasteiger partial charge in [0.05, 0.1) is 0 Å². The van der Waals surface area contributed by atoms with Crippen LogP contribution in [-0.2, 0) is 0 Å². The predicted octanol–water partition coefficient (Wildman–Crippen LogP) is 5.00. The summed E-state index contributed by atoms with van der Waals surface area (Å²) in [5, 5.41) is 4.47. The van der Waals surface area contributed by atoms with Crippen LogP contribution in [0.5, 0.6) is 0 Å². The number of nitrogens with one attached hydrogen (secondary N) is 1. The number of rotatable bonds is 1. The summed E-state index contributed by atoms with van der Waals surface area (Å²) in [6, 6.07) is 8.60. The van der Waals surface area contributed by atoms with Gasteiger partial charge in [0.2, 0.25) is 0 Å². The zero-order valence-corrected chi connectivity index (χ0v) is 13.3. The van der Waals surface area contributed by atoms with Crippen LogP contribution in [-0.4, -0.2) is 13.1 Å². The molecule has 2 heteroatoms. The quantitative estimate of drug-likeness (QED) is 0.767. The molecule has 2 fully saturated rings. The number of hydrogen-bond donors (Lipinski definition) is 1. The predicted molar refractivity (Wildman–Crippen MR) is 86.4 cm³/mol. The molecular weight excluding hydrogens is 266 g/mol. The Labute approximate surface area is 128 Å². The molecule has 20 heavy (non-hydrogen) atoms. The second kappa shape index (κ2) is 6.07. The van der Waals surface area contributed by atoms with Crippen molar-refractivity contribution in [2.75, 3.05) is 13.1 Å². The Morgan fingerprint density at radius 1 is 1.10 bits per heavy atom. The van der Waals surface area contributed by atoms with Crippen molar-refractivity contribution in [1.29, 1.82) is 0 Å². The first-order valence-electron chi connectivity index (χ1n) is 8.16. The molecule has 1 saturated carbocycles. The maximum atomic E-state index is 6.06. The van der Waals surface area contributed by atoms with Crippen LogP contribution in [0, 0.1) is 11.3 Å². The van der Waals surface area contributed by atoms with E-state index in [0.717, 1.165) is 17.5 Å². The van der Waals surface area contributed by atoms with E-state index in [1.165, 1.54) is 50.6 Å². The molecule has 0 bridgehead atoms. The Morgan fingerprint density at radius 3 is 2.70 bits per heavy atom. The average Bonchev–Trinajstić information content (AvgIpc) is 2.64. The number of halogens is 1. The molecule has 1 spiro atoms. The van der Waals surface area contributed by atoms with E-state index in [9.17, 15) is 0 Å². The molecule has 1 aliphatic carbocycles. The van der Waals surface area contributed by atoms with E-state index in [-0.39, 0.29) is 0 Å². The second-order valence-corrected chi connectivity index (χ2v) is 7.39. The van der Waals surface area contributed by atoms with Crippen LogP contribution in [0.15, 0.2) is 24.3 Å². The zero-order valence-electron chi connectivity index (χ0n) is 12.5. The fraction of sp³-hybridized carbons (Fsp3) is 0.667. The minimum Gasteiger partial charge on any atom is -0.316 e. The lowest BCUT2D eigenvalue weighted by atomic mass is 9.63. The summed E-state index contributed by atoms with van der Waals surface area (Å²) >= 11 is 6.06. The van der Waals surface area contributed by atoms with Crippen molar-refractivity contribution >= 4 is 11.6 Å². The molecule has 1 aliphatic heterocycles. The first-order chi connectivity index (χ1) is 9.70. The third-order valence-corrected chi connectivity index (χ3v) is 5.92. The van der Waals surface area contributed by atoms with Crippen LogP contribution in [0.1, 0.15) is 56.9 Å². The fourth-order valence-corrected chi connectivity index (χ4v) is 4.47. The van der Waals surface area contributed by atoms with E-state index in [1.54, 1.807) is 0 Å². The van der Waals surface area contributed by atoms with Gasteiger partial charge in [-0.05, 0) is 54.8 Å². The highest BCUT2D eigenvalue weighted by molar-refractivity contribution is 6.30. The molecule has 1 nitrogen and oxygen atoms in total. The molecule has 1 aromatic carbocycles. The maximum absolute atomic E-state index is 6.06. The lowest BCUT2D eigenvalue weighted by Crippen LogP contribution is -2.43. The van der Waals surface area contributed by atoms with E-state index in [0.29, 0.717) is 11.3 Å². The van der Waals surface area contributed by atoms with Crippen LogP contribution in [0.3, 0.4) is 0 Å². The van der Waals surface area contributed by atoms with Crippen molar-refractivity contribution in [2.24, 2.45) is 11.3 Å². The second-order valence-electron chi connectivity index (χ2n) is 6.96. The standard InChI is InChI=1S/C18H26ClN/c1-14-3-2-9-18(10-8-14)11-12-20-13-17(18)15-4-6-16(19)7-5-15/h4-7,14,17,20H,2-3,8-13H2,1H3. The number of hydrogen-bond acceptors (Lipinski definition) is 1.